The normalized spacial score (nSPS) is 14.1. The van der Waals surface area contributed by atoms with Gasteiger partial charge in [-0.2, -0.15) is 0 Å². The third-order valence-corrected chi connectivity index (χ3v) is 3.08. The van der Waals surface area contributed by atoms with Crippen LogP contribution in [0, 0.1) is 5.41 Å². The van der Waals surface area contributed by atoms with E-state index in [4.69, 9.17) is 28.9 Å². The Hall–Kier alpha value is -0.240. The summed E-state index contributed by atoms with van der Waals surface area (Å²) in [5.41, 5.74) is 6.99. The zero-order valence-corrected chi connectivity index (χ0v) is 10.2. The Morgan fingerprint density at radius 1 is 1.21 bits per heavy atom. The van der Waals surface area contributed by atoms with Crippen LogP contribution in [0.4, 0.5) is 0 Å². The van der Waals surface area contributed by atoms with E-state index in [9.17, 15) is 0 Å². The van der Waals surface area contributed by atoms with Gasteiger partial charge in [0.05, 0.1) is 10.0 Å². The first-order valence-electron chi connectivity index (χ1n) is 4.53. The Bertz CT molecular complexity index is 329. The number of hydrogen-bond acceptors (Lipinski definition) is 1. The summed E-state index contributed by atoms with van der Waals surface area (Å²) in [6.07, 6.45) is 0. The van der Waals surface area contributed by atoms with Crippen LogP contribution in [0.25, 0.3) is 0 Å². The molecule has 3 heteroatoms. The van der Waals surface area contributed by atoms with Crippen molar-refractivity contribution in [3.63, 3.8) is 0 Å². The fraction of sp³-hybridized carbons (Fsp3) is 0.455. The van der Waals surface area contributed by atoms with Crippen molar-refractivity contribution in [2.45, 2.75) is 26.8 Å². The van der Waals surface area contributed by atoms with Crippen LogP contribution in [0.15, 0.2) is 18.2 Å². The molecule has 1 unspecified atom stereocenters. The number of rotatable bonds is 1. The van der Waals surface area contributed by atoms with Crippen molar-refractivity contribution < 1.29 is 0 Å². The predicted molar refractivity (Wildman–Crippen MR) is 62.8 cm³/mol. The molecule has 1 aromatic rings. The van der Waals surface area contributed by atoms with Gasteiger partial charge in [0.15, 0.2) is 0 Å². The van der Waals surface area contributed by atoms with E-state index in [1.165, 1.54) is 0 Å². The molecule has 0 amide bonds. The van der Waals surface area contributed by atoms with Crippen LogP contribution in [0.1, 0.15) is 32.4 Å². The van der Waals surface area contributed by atoms with E-state index < -0.39 is 0 Å². The smallest absolute Gasteiger partial charge is 0.0640 e. The summed E-state index contributed by atoms with van der Waals surface area (Å²) in [4.78, 5) is 0. The fourth-order valence-electron chi connectivity index (χ4n) is 1.23. The van der Waals surface area contributed by atoms with Crippen molar-refractivity contribution in [2.75, 3.05) is 0 Å². The van der Waals surface area contributed by atoms with Gasteiger partial charge < -0.3 is 5.73 Å². The summed E-state index contributed by atoms with van der Waals surface area (Å²) in [7, 11) is 0. The molecule has 0 heterocycles. The number of hydrogen-bond donors (Lipinski definition) is 1. The van der Waals surface area contributed by atoms with Crippen LogP contribution in [-0.2, 0) is 0 Å². The Kier molecular flexibility index (Phi) is 3.46. The van der Waals surface area contributed by atoms with E-state index in [0.29, 0.717) is 10.0 Å². The lowest BCUT2D eigenvalue weighted by Gasteiger charge is -2.28. The highest BCUT2D eigenvalue weighted by molar-refractivity contribution is 6.42. The molecule has 78 valence electrons. The molecule has 0 bridgehead atoms. The minimum absolute atomic E-state index is 0.0195. The van der Waals surface area contributed by atoms with E-state index in [2.05, 4.69) is 20.8 Å². The molecule has 0 aromatic heterocycles. The zero-order chi connectivity index (χ0) is 10.9. The molecule has 0 radical (unpaired) electrons. The summed E-state index contributed by atoms with van der Waals surface area (Å²) in [6.45, 7) is 6.23. The van der Waals surface area contributed by atoms with Crippen molar-refractivity contribution in [2.24, 2.45) is 11.1 Å². The van der Waals surface area contributed by atoms with E-state index >= 15 is 0 Å². The quantitative estimate of drug-likeness (QED) is 0.776. The largest absolute Gasteiger partial charge is 0.323 e. The molecular formula is C11H15Cl2N. The molecule has 1 rings (SSSR count). The molecule has 0 aliphatic rings. The van der Waals surface area contributed by atoms with Crippen molar-refractivity contribution in [3.05, 3.63) is 33.8 Å². The number of halogens is 2. The Labute approximate surface area is 95.2 Å². The SMILES string of the molecule is CC(C)(C)C(N)c1cccc(Cl)c1Cl. The molecule has 0 spiro atoms. The highest BCUT2D eigenvalue weighted by Gasteiger charge is 2.24. The maximum absolute atomic E-state index is 6.10. The Balaban J connectivity index is 3.14. The number of nitrogens with two attached hydrogens (primary N) is 1. The zero-order valence-electron chi connectivity index (χ0n) is 8.64. The van der Waals surface area contributed by atoms with Crippen molar-refractivity contribution >= 4 is 23.2 Å². The lowest BCUT2D eigenvalue weighted by Crippen LogP contribution is -2.26. The van der Waals surface area contributed by atoms with Crippen LogP contribution in [0.2, 0.25) is 10.0 Å². The molecule has 0 saturated carbocycles. The predicted octanol–water partition coefficient (Wildman–Crippen LogP) is 4.04. The minimum Gasteiger partial charge on any atom is -0.323 e. The lowest BCUT2D eigenvalue weighted by molar-refractivity contribution is 0.327. The highest BCUT2D eigenvalue weighted by Crippen LogP contribution is 2.36. The highest BCUT2D eigenvalue weighted by atomic mass is 35.5. The molecule has 0 fully saturated rings. The average molecular weight is 232 g/mol. The molecule has 0 aliphatic heterocycles. The summed E-state index contributed by atoms with van der Waals surface area (Å²) < 4.78 is 0. The van der Waals surface area contributed by atoms with Gasteiger partial charge in [-0.1, -0.05) is 56.1 Å². The second-order valence-electron chi connectivity index (χ2n) is 4.49. The Morgan fingerprint density at radius 2 is 1.79 bits per heavy atom. The van der Waals surface area contributed by atoms with Crippen molar-refractivity contribution in [3.8, 4) is 0 Å². The van der Waals surface area contributed by atoms with Gasteiger partial charge in [0.2, 0.25) is 0 Å². The summed E-state index contributed by atoms with van der Waals surface area (Å²) in [6, 6.07) is 5.45. The third kappa shape index (κ3) is 2.41. The van der Waals surface area contributed by atoms with Crippen LogP contribution >= 0.6 is 23.2 Å². The standard InChI is InChI=1S/C11H15Cl2N/c1-11(2,3)10(14)7-5-4-6-8(12)9(7)13/h4-6,10H,14H2,1-3H3. The lowest BCUT2D eigenvalue weighted by atomic mass is 9.83. The maximum atomic E-state index is 6.10. The van der Waals surface area contributed by atoms with Gasteiger partial charge in [0.1, 0.15) is 0 Å². The van der Waals surface area contributed by atoms with Crippen LogP contribution in [0.5, 0.6) is 0 Å². The molecule has 0 saturated heterocycles. The van der Waals surface area contributed by atoms with Crippen molar-refractivity contribution in [1.82, 2.24) is 0 Å². The van der Waals surface area contributed by atoms with Crippen LogP contribution in [0.3, 0.4) is 0 Å². The second kappa shape index (κ2) is 4.09. The molecular weight excluding hydrogens is 217 g/mol. The summed E-state index contributed by atoms with van der Waals surface area (Å²) in [5, 5.41) is 1.13. The third-order valence-electron chi connectivity index (χ3n) is 2.25. The van der Waals surface area contributed by atoms with E-state index in [1.54, 1.807) is 6.07 Å². The van der Waals surface area contributed by atoms with E-state index in [-0.39, 0.29) is 11.5 Å². The topological polar surface area (TPSA) is 26.0 Å². The van der Waals surface area contributed by atoms with Gasteiger partial charge in [-0.15, -0.1) is 0 Å². The molecule has 0 aliphatic carbocycles. The van der Waals surface area contributed by atoms with Crippen molar-refractivity contribution in [1.29, 1.82) is 0 Å². The summed E-state index contributed by atoms with van der Waals surface area (Å²) in [5.74, 6) is 0. The molecule has 14 heavy (non-hydrogen) atoms. The van der Waals surface area contributed by atoms with Gasteiger partial charge in [0.25, 0.3) is 0 Å². The minimum atomic E-state index is -0.103. The molecule has 1 nitrogen and oxygen atoms in total. The van der Waals surface area contributed by atoms with Gasteiger partial charge in [-0.25, -0.2) is 0 Å². The Morgan fingerprint density at radius 3 is 2.29 bits per heavy atom. The first-order chi connectivity index (χ1) is 6.34. The molecule has 1 atom stereocenters. The second-order valence-corrected chi connectivity index (χ2v) is 5.27. The molecule has 2 N–H and O–H groups in total. The number of benzene rings is 1. The van der Waals surface area contributed by atoms with Crippen LogP contribution < -0.4 is 5.73 Å². The average Bonchev–Trinajstić information content (AvgIpc) is 2.07. The van der Waals surface area contributed by atoms with Gasteiger partial charge >= 0.3 is 0 Å². The first-order valence-corrected chi connectivity index (χ1v) is 5.29. The van der Waals surface area contributed by atoms with Crippen LogP contribution in [-0.4, -0.2) is 0 Å². The summed E-state index contributed by atoms with van der Waals surface area (Å²) >= 11 is 12.0. The monoisotopic (exact) mass is 231 g/mol. The van der Waals surface area contributed by atoms with E-state index in [0.717, 1.165) is 5.56 Å². The van der Waals surface area contributed by atoms with Gasteiger partial charge in [0, 0.05) is 6.04 Å². The first kappa shape index (κ1) is 11.8. The molecule has 1 aromatic carbocycles. The maximum Gasteiger partial charge on any atom is 0.0640 e. The van der Waals surface area contributed by atoms with Gasteiger partial charge in [-0.05, 0) is 17.0 Å². The van der Waals surface area contributed by atoms with E-state index in [1.807, 2.05) is 12.1 Å². The fourth-order valence-corrected chi connectivity index (χ4v) is 1.65. The van der Waals surface area contributed by atoms with Gasteiger partial charge in [-0.3, -0.25) is 0 Å².